The molecule has 0 fully saturated rings. The van der Waals surface area contributed by atoms with Crippen molar-refractivity contribution in [2.75, 3.05) is 14.2 Å². The molecule has 0 heterocycles. The predicted octanol–water partition coefficient (Wildman–Crippen LogP) is 4.79. The maximum absolute atomic E-state index is 5.43. The molecule has 0 aliphatic rings. The van der Waals surface area contributed by atoms with Crippen molar-refractivity contribution >= 4 is 0 Å². The zero-order valence-electron chi connectivity index (χ0n) is 14.0. The molecule has 1 N–H and O–H groups in total. The van der Waals surface area contributed by atoms with Crippen LogP contribution in [0.15, 0.2) is 12.1 Å². The maximum atomic E-state index is 5.43. The van der Waals surface area contributed by atoms with E-state index in [-0.39, 0.29) is 0 Å². The first-order valence-corrected chi connectivity index (χ1v) is 7.91. The Kier molecular flexibility index (Phi) is 7.08. The van der Waals surface area contributed by atoms with Gasteiger partial charge in [0.05, 0.1) is 7.11 Å². The summed E-state index contributed by atoms with van der Waals surface area (Å²) in [5.41, 5.74) is 3.97. The Hall–Kier alpha value is -1.02. The van der Waals surface area contributed by atoms with Gasteiger partial charge < -0.3 is 10.1 Å². The molecule has 2 heteroatoms. The number of methoxy groups -OCH3 is 1. The lowest BCUT2D eigenvalue weighted by Crippen LogP contribution is -2.26. The van der Waals surface area contributed by atoms with Crippen LogP contribution in [-0.2, 0) is 0 Å². The fourth-order valence-corrected chi connectivity index (χ4v) is 3.23. The van der Waals surface area contributed by atoms with Crippen molar-refractivity contribution in [1.82, 2.24) is 5.32 Å². The van der Waals surface area contributed by atoms with Gasteiger partial charge in [0.25, 0.3) is 0 Å². The van der Waals surface area contributed by atoms with Crippen LogP contribution in [0.1, 0.15) is 62.3 Å². The van der Waals surface area contributed by atoms with E-state index in [2.05, 4.69) is 52.2 Å². The zero-order chi connectivity index (χ0) is 15.1. The monoisotopic (exact) mass is 277 g/mol. The highest BCUT2D eigenvalue weighted by Gasteiger charge is 2.22. The van der Waals surface area contributed by atoms with Crippen molar-refractivity contribution in [3.05, 3.63) is 28.8 Å². The molecule has 1 aromatic rings. The quantitative estimate of drug-likeness (QED) is 0.737. The molecule has 0 amide bonds. The molecule has 1 aromatic carbocycles. The summed E-state index contributed by atoms with van der Waals surface area (Å²) in [4.78, 5) is 0. The van der Waals surface area contributed by atoms with E-state index in [9.17, 15) is 0 Å². The summed E-state index contributed by atoms with van der Waals surface area (Å²) in [5, 5.41) is 3.55. The van der Waals surface area contributed by atoms with Gasteiger partial charge in [-0.2, -0.15) is 0 Å². The Labute approximate surface area is 124 Å². The molecule has 0 radical (unpaired) electrons. The number of rotatable bonds is 8. The molecule has 0 spiro atoms. The van der Waals surface area contributed by atoms with Crippen LogP contribution in [0.4, 0.5) is 0 Å². The number of hydrogen-bond donors (Lipinski definition) is 1. The van der Waals surface area contributed by atoms with Gasteiger partial charge in [0.15, 0.2) is 0 Å². The Morgan fingerprint density at radius 3 is 2.10 bits per heavy atom. The maximum Gasteiger partial charge on any atom is 0.122 e. The van der Waals surface area contributed by atoms with Gasteiger partial charge in [-0.25, -0.2) is 0 Å². The molecule has 20 heavy (non-hydrogen) atoms. The highest BCUT2D eigenvalue weighted by atomic mass is 16.5. The SMILES string of the molecule is CCCC(CCC)C(NC)c1cc(C)c(OC)cc1C. The number of benzene rings is 1. The molecule has 1 unspecified atom stereocenters. The summed E-state index contributed by atoms with van der Waals surface area (Å²) in [7, 11) is 3.83. The summed E-state index contributed by atoms with van der Waals surface area (Å²) < 4.78 is 5.43. The van der Waals surface area contributed by atoms with E-state index in [1.165, 1.54) is 42.4 Å². The highest BCUT2D eigenvalue weighted by molar-refractivity contribution is 5.43. The number of hydrogen-bond acceptors (Lipinski definition) is 2. The first-order valence-electron chi connectivity index (χ1n) is 7.91. The first kappa shape index (κ1) is 17.0. The fourth-order valence-electron chi connectivity index (χ4n) is 3.23. The Balaban J connectivity index is 3.13. The molecule has 0 aliphatic heterocycles. The number of ether oxygens (including phenoxy) is 1. The van der Waals surface area contributed by atoms with Crippen LogP contribution in [0, 0.1) is 19.8 Å². The zero-order valence-corrected chi connectivity index (χ0v) is 14.0. The van der Waals surface area contributed by atoms with E-state index < -0.39 is 0 Å². The van der Waals surface area contributed by atoms with Crippen LogP contribution in [0.2, 0.25) is 0 Å². The molecule has 114 valence electrons. The molecule has 0 saturated heterocycles. The van der Waals surface area contributed by atoms with Crippen molar-refractivity contribution in [2.45, 2.75) is 59.4 Å². The van der Waals surface area contributed by atoms with E-state index in [0.717, 1.165) is 5.75 Å². The molecule has 0 aliphatic carbocycles. The molecular formula is C18H31NO. The second-order valence-electron chi connectivity index (χ2n) is 5.78. The molecule has 0 bridgehead atoms. The third-order valence-electron chi connectivity index (χ3n) is 4.22. The number of nitrogens with one attached hydrogen (secondary N) is 1. The van der Waals surface area contributed by atoms with Gasteiger partial charge in [0.2, 0.25) is 0 Å². The van der Waals surface area contributed by atoms with Gasteiger partial charge in [-0.15, -0.1) is 0 Å². The van der Waals surface area contributed by atoms with Crippen LogP contribution >= 0.6 is 0 Å². The lowest BCUT2D eigenvalue weighted by Gasteiger charge is -2.29. The topological polar surface area (TPSA) is 21.3 Å². The standard InChI is InChI=1S/C18H31NO/c1-7-9-15(10-8-2)18(19-5)16-11-14(4)17(20-6)12-13(16)3/h11-12,15,18-19H,7-10H2,1-6H3. The fraction of sp³-hybridized carbons (Fsp3) is 0.667. The lowest BCUT2D eigenvalue weighted by atomic mass is 9.84. The molecule has 1 atom stereocenters. The Bertz CT molecular complexity index is 408. The van der Waals surface area contributed by atoms with Gasteiger partial charge in [-0.3, -0.25) is 0 Å². The highest BCUT2D eigenvalue weighted by Crippen LogP contribution is 2.34. The second kappa shape index (κ2) is 8.31. The van der Waals surface area contributed by atoms with Gasteiger partial charge in [-0.05, 0) is 62.4 Å². The summed E-state index contributed by atoms with van der Waals surface area (Å²) in [6.07, 6.45) is 5.06. The predicted molar refractivity (Wildman–Crippen MR) is 87.6 cm³/mol. The Morgan fingerprint density at radius 2 is 1.65 bits per heavy atom. The van der Waals surface area contributed by atoms with Crippen LogP contribution in [0.5, 0.6) is 5.75 Å². The average molecular weight is 277 g/mol. The van der Waals surface area contributed by atoms with Crippen molar-refractivity contribution in [2.24, 2.45) is 5.92 Å². The van der Waals surface area contributed by atoms with Crippen LogP contribution in [-0.4, -0.2) is 14.2 Å². The molecule has 2 nitrogen and oxygen atoms in total. The summed E-state index contributed by atoms with van der Waals surface area (Å²) in [6.45, 7) is 8.88. The lowest BCUT2D eigenvalue weighted by molar-refractivity contribution is 0.329. The number of aryl methyl sites for hydroxylation is 2. The van der Waals surface area contributed by atoms with Crippen molar-refractivity contribution in [3.8, 4) is 5.75 Å². The molecule has 0 aromatic heterocycles. The van der Waals surface area contributed by atoms with Crippen LogP contribution < -0.4 is 10.1 Å². The van der Waals surface area contributed by atoms with Gasteiger partial charge in [-0.1, -0.05) is 32.8 Å². The first-order chi connectivity index (χ1) is 9.58. The largest absolute Gasteiger partial charge is 0.496 e. The van der Waals surface area contributed by atoms with Crippen molar-refractivity contribution < 1.29 is 4.74 Å². The van der Waals surface area contributed by atoms with Gasteiger partial charge >= 0.3 is 0 Å². The third-order valence-corrected chi connectivity index (χ3v) is 4.22. The minimum Gasteiger partial charge on any atom is -0.496 e. The molecule has 1 rings (SSSR count). The minimum atomic E-state index is 0.444. The molecular weight excluding hydrogens is 246 g/mol. The van der Waals surface area contributed by atoms with E-state index in [1.807, 2.05) is 0 Å². The van der Waals surface area contributed by atoms with Gasteiger partial charge in [0.1, 0.15) is 5.75 Å². The summed E-state index contributed by atoms with van der Waals surface area (Å²) in [5.74, 6) is 1.70. The average Bonchev–Trinajstić information content (AvgIpc) is 2.43. The Morgan fingerprint density at radius 1 is 1.05 bits per heavy atom. The van der Waals surface area contributed by atoms with Gasteiger partial charge in [0, 0.05) is 6.04 Å². The van der Waals surface area contributed by atoms with E-state index in [4.69, 9.17) is 4.74 Å². The van der Waals surface area contributed by atoms with Crippen LogP contribution in [0.25, 0.3) is 0 Å². The van der Waals surface area contributed by atoms with Crippen molar-refractivity contribution in [1.29, 1.82) is 0 Å². The normalized spacial score (nSPS) is 12.8. The van der Waals surface area contributed by atoms with E-state index in [0.29, 0.717) is 12.0 Å². The smallest absolute Gasteiger partial charge is 0.122 e. The van der Waals surface area contributed by atoms with Crippen molar-refractivity contribution in [3.63, 3.8) is 0 Å². The van der Waals surface area contributed by atoms with E-state index in [1.54, 1.807) is 7.11 Å². The summed E-state index contributed by atoms with van der Waals surface area (Å²) in [6, 6.07) is 4.91. The minimum absolute atomic E-state index is 0.444. The summed E-state index contributed by atoms with van der Waals surface area (Å²) >= 11 is 0. The molecule has 0 saturated carbocycles. The van der Waals surface area contributed by atoms with Crippen LogP contribution in [0.3, 0.4) is 0 Å². The van der Waals surface area contributed by atoms with E-state index >= 15 is 0 Å². The third kappa shape index (κ3) is 3.99. The second-order valence-corrected chi connectivity index (χ2v) is 5.78.